The number of carboxylic acid groups (broad SMARTS) is 1. The van der Waals surface area contributed by atoms with Gasteiger partial charge in [-0.1, -0.05) is 11.2 Å². The number of nitrogen functional groups attached to an aromatic ring is 1. The van der Waals surface area contributed by atoms with Crippen LogP contribution in [0.2, 0.25) is 0 Å². The lowest BCUT2D eigenvalue weighted by Gasteiger charge is -2.49. The maximum atomic E-state index is 13.1. The van der Waals surface area contributed by atoms with E-state index in [1.807, 2.05) is 0 Å². The van der Waals surface area contributed by atoms with Gasteiger partial charge in [0.15, 0.2) is 10.8 Å². The first-order valence-electron chi connectivity index (χ1n) is 11.5. The molecule has 1 aromatic heterocycles. The lowest BCUT2D eigenvalue weighted by molar-refractivity contribution is -0.384. The molecule has 0 unspecified atom stereocenters. The van der Waals surface area contributed by atoms with Crippen molar-refractivity contribution in [3.8, 4) is 0 Å². The number of hydrogen-bond donors (Lipinski definition) is 4. The van der Waals surface area contributed by atoms with E-state index < -0.39 is 45.7 Å². The van der Waals surface area contributed by atoms with E-state index in [4.69, 9.17) is 5.73 Å². The fraction of sp³-hybridized carbons (Fsp3) is 0.217. The van der Waals surface area contributed by atoms with Crippen molar-refractivity contribution in [2.75, 3.05) is 22.9 Å². The Kier molecular flexibility index (Phi) is 6.99. The highest BCUT2D eigenvalue weighted by molar-refractivity contribution is 8.00. The van der Waals surface area contributed by atoms with Crippen molar-refractivity contribution in [1.82, 2.24) is 15.2 Å². The number of nitrogens with one attached hydrogen (secondary N) is 1. The molecule has 1 aromatic carbocycles. The second kappa shape index (κ2) is 10.4. The zero-order valence-corrected chi connectivity index (χ0v) is 21.8. The van der Waals surface area contributed by atoms with Crippen LogP contribution in [0.1, 0.15) is 12.1 Å². The standard InChI is InChI=1S/C23H19N7O8S2/c24-23-25-14(9-40-23)15(27-36)18(31)26-16-20(33)29-17(22(34)35)11(8-39-21(16)29)6-10-4-5-28(19(10)32)12-2-1-3-13(7-12)30(37)38/h1-3,6-7,9,16,21,36H,4-5,8H2,(H2,24,25)(H,26,31)(H,34,35)/b10-6?,27-15-/t16-,21-/m1/s1. The molecule has 0 radical (unpaired) electrons. The third kappa shape index (κ3) is 4.64. The Morgan fingerprint density at radius 2 is 2.10 bits per heavy atom. The van der Waals surface area contributed by atoms with Gasteiger partial charge in [0.2, 0.25) is 0 Å². The second-order valence-corrected chi connectivity index (χ2v) is 10.7. The molecule has 5 N–H and O–H groups in total. The normalized spacial score (nSPS) is 21.9. The smallest absolute Gasteiger partial charge is 0.352 e. The molecule has 206 valence electrons. The maximum Gasteiger partial charge on any atom is 0.352 e. The number of allylic oxidation sites excluding steroid dienone is 1. The summed E-state index contributed by atoms with van der Waals surface area (Å²) in [5, 5.41) is 36.6. The first kappa shape index (κ1) is 26.8. The number of rotatable bonds is 7. The SMILES string of the molecule is Nc1nc(/C(=N/O)C(=O)N[C@@H]2C(=O)N3C(C(=O)O)=C(C=C4CCN(c5cccc([N+](=O)[O-])c5)C4=O)CS[C@H]23)cs1. The summed E-state index contributed by atoms with van der Waals surface area (Å²) >= 11 is 2.22. The minimum atomic E-state index is -1.38. The number of thiazole rings is 1. The minimum Gasteiger partial charge on any atom is -0.477 e. The van der Waals surface area contributed by atoms with Crippen molar-refractivity contribution < 1.29 is 34.4 Å². The molecule has 40 heavy (non-hydrogen) atoms. The maximum absolute atomic E-state index is 13.1. The molecular formula is C23H19N7O8S2. The van der Waals surface area contributed by atoms with E-state index in [2.05, 4.69) is 15.5 Å². The number of non-ortho nitro benzene ring substituents is 1. The largest absolute Gasteiger partial charge is 0.477 e. The summed E-state index contributed by atoms with van der Waals surface area (Å²) in [6.07, 6.45) is 1.71. The van der Waals surface area contributed by atoms with Crippen LogP contribution in [-0.2, 0) is 19.2 Å². The number of amides is 3. The van der Waals surface area contributed by atoms with Crippen molar-refractivity contribution in [2.24, 2.45) is 5.16 Å². The van der Waals surface area contributed by atoms with Crippen LogP contribution in [0.3, 0.4) is 0 Å². The van der Waals surface area contributed by atoms with E-state index in [0.29, 0.717) is 11.3 Å². The predicted molar refractivity (Wildman–Crippen MR) is 143 cm³/mol. The van der Waals surface area contributed by atoms with E-state index in [1.54, 1.807) is 6.07 Å². The number of carbonyl (C=O) groups is 4. The number of β-lactam (4-membered cyclic amide) rings is 1. The molecule has 3 aliphatic heterocycles. The highest BCUT2D eigenvalue weighted by Crippen LogP contribution is 2.41. The molecule has 3 aliphatic rings. The highest BCUT2D eigenvalue weighted by Gasteiger charge is 2.54. The van der Waals surface area contributed by atoms with Gasteiger partial charge in [0.05, 0.1) is 10.6 Å². The molecule has 2 aromatic rings. The van der Waals surface area contributed by atoms with Crippen molar-refractivity contribution in [3.63, 3.8) is 0 Å². The molecular weight excluding hydrogens is 566 g/mol. The van der Waals surface area contributed by atoms with E-state index in [1.165, 1.54) is 46.3 Å². The Balaban J connectivity index is 1.35. The zero-order chi connectivity index (χ0) is 28.7. The number of aromatic nitrogens is 1. The lowest BCUT2D eigenvalue weighted by Crippen LogP contribution is -2.71. The van der Waals surface area contributed by atoms with Gasteiger partial charge < -0.3 is 26.3 Å². The number of carbonyl (C=O) groups excluding carboxylic acids is 3. The van der Waals surface area contributed by atoms with Crippen molar-refractivity contribution in [3.05, 3.63) is 68.4 Å². The van der Waals surface area contributed by atoms with Crippen molar-refractivity contribution in [1.29, 1.82) is 0 Å². The fourth-order valence-corrected chi connectivity index (χ4v) is 6.41. The zero-order valence-electron chi connectivity index (χ0n) is 20.2. The van der Waals surface area contributed by atoms with Gasteiger partial charge in [-0.05, 0) is 24.1 Å². The predicted octanol–water partition coefficient (Wildman–Crippen LogP) is 0.914. The third-order valence-electron chi connectivity index (χ3n) is 6.39. The molecule has 2 fully saturated rings. The number of nitro groups is 1. The molecule has 17 heteroatoms. The van der Waals surface area contributed by atoms with E-state index in [0.717, 1.165) is 16.2 Å². The molecule has 2 atom stereocenters. The summed E-state index contributed by atoms with van der Waals surface area (Å²) in [4.78, 5) is 67.8. The van der Waals surface area contributed by atoms with Gasteiger partial charge in [-0.2, -0.15) is 0 Å². The molecule has 0 saturated carbocycles. The van der Waals surface area contributed by atoms with Gasteiger partial charge in [0.25, 0.3) is 23.4 Å². The third-order valence-corrected chi connectivity index (χ3v) is 8.37. The van der Waals surface area contributed by atoms with Gasteiger partial charge in [0, 0.05) is 35.4 Å². The summed E-state index contributed by atoms with van der Waals surface area (Å²) in [7, 11) is 0. The van der Waals surface area contributed by atoms with E-state index in [-0.39, 0.29) is 46.5 Å². The summed E-state index contributed by atoms with van der Waals surface area (Å²) in [6, 6.07) is 4.55. The average molecular weight is 586 g/mol. The monoisotopic (exact) mass is 585 g/mol. The number of fused-ring (bicyclic) bond motifs is 1. The topological polar surface area (TPSA) is 222 Å². The van der Waals surface area contributed by atoms with Gasteiger partial charge >= 0.3 is 5.97 Å². The second-order valence-electron chi connectivity index (χ2n) is 8.71. The quantitative estimate of drug-likeness (QED) is 0.0893. The number of nitrogens with two attached hydrogens (primary N) is 1. The number of hydrogen-bond acceptors (Lipinski definition) is 12. The molecule has 15 nitrogen and oxygen atoms in total. The van der Waals surface area contributed by atoms with Gasteiger partial charge in [-0.3, -0.25) is 29.4 Å². The van der Waals surface area contributed by atoms with Crippen LogP contribution in [0, 0.1) is 10.1 Å². The molecule has 5 rings (SSSR count). The summed E-state index contributed by atoms with van der Waals surface area (Å²) in [5.74, 6) is -3.27. The molecule has 0 aliphatic carbocycles. The van der Waals surface area contributed by atoms with Crippen LogP contribution >= 0.6 is 23.1 Å². The van der Waals surface area contributed by atoms with Crippen LogP contribution in [0.25, 0.3) is 0 Å². The number of nitrogens with zero attached hydrogens (tertiary/aromatic N) is 5. The lowest BCUT2D eigenvalue weighted by atomic mass is 10.0. The molecule has 4 heterocycles. The molecule has 2 saturated heterocycles. The molecule has 0 bridgehead atoms. The number of oxime groups is 1. The molecule has 3 amide bonds. The number of aliphatic carboxylic acids is 1. The first-order valence-corrected chi connectivity index (χ1v) is 13.5. The number of anilines is 2. The Morgan fingerprint density at radius 1 is 1.32 bits per heavy atom. The number of benzene rings is 1. The van der Waals surface area contributed by atoms with Crippen molar-refractivity contribution in [2.45, 2.75) is 17.8 Å². The Bertz CT molecular complexity index is 1570. The number of nitro benzene ring substituents is 1. The fourth-order valence-electron chi connectivity index (χ4n) is 4.55. The van der Waals surface area contributed by atoms with Crippen LogP contribution < -0.4 is 16.0 Å². The summed E-state index contributed by atoms with van der Waals surface area (Å²) < 4.78 is 0. The Hall–Kier alpha value is -4.77. The van der Waals surface area contributed by atoms with Gasteiger partial charge in [-0.25, -0.2) is 9.78 Å². The van der Waals surface area contributed by atoms with E-state index >= 15 is 0 Å². The Morgan fingerprint density at radius 3 is 2.75 bits per heavy atom. The van der Waals surface area contributed by atoms with Crippen LogP contribution in [0.4, 0.5) is 16.5 Å². The average Bonchev–Trinajstić information content (AvgIpc) is 3.52. The van der Waals surface area contributed by atoms with Crippen LogP contribution in [-0.4, -0.2) is 78.2 Å². The number of thioether (sulfide) groups is 1. The summed E-state index contributed by atoms with van der Waals surface area (Å²) in [5.41, 5.74) is 5.53. The van der Waals surface area contributed by atoms with Crippen molar-refractivity contribution >= 4 is 69.0 Å². The highest BCUT2D eigenvalue weighted by atomic mass is 32.2. The molecule has 0 spiro atoms. The van der Waals surface area contributed by atoms with Gasteiger partial charge in [0.1, 0.15) is 22.8 Å². The summed E-state index contributed by atoms with van der Waals surface area (Å²) in [6.45, 7) is 0.243. The number of carboxylic acids is 1. The Labute approximate surface area is 232 Å². The van der Waals surface area contributed by atoms with Crippen LogP contribution in [0.5, 0.6) is 0 Å². The van der Waals surface area contributed by atoms with Gasteiger partial charge in [-0.15, -0.1) is 23.1 Å². The minimum absolute atomic E-state index is 0.0165. The first-order chi connectivity index (χ1) is 19.1. The van der Waals surface area contributed by atoms with E-state index in [9.17, 15) is 39.6 Å². The van der Waals surface area contributed by atoms with Crippen LogP contribution in [0.15, 0.2) is 57.7 Å².